The molecule has 1 aliphatic rings. The number of aldehydes is 1. The second-order valence-electron chi connectivity index (χ2n) is 7.82. The van der Waals surface area contributed by atoms with Gasteiger partial charge in [-0.2, -0.15) is 4.31 Å². The highest BCUT2D eigenvalue weighted by atomic mass is 32.2. The van der Waals surface area contributed by atoms with Gasteiger partial charge in [0.2, 0.25) is 10.0 Å². The van der Waals surface area contributed by atoms with Crippen LogP contribution in [0.2, 0.25) is 0 Å². The van der Waals surface area contributed by atoms with Crippen molar-refractivity contribution in [1.82, 2.24) is 4.31 Å². The molecule has 4 rings (SSSR count). The molecule has 1 saturated heterocycles. The minimum absolute atomic E-state index is 0.119. The molecule has 0 aromatic heterocycles. The van der Waals surface area contributed by atoms with Gasteiger partial charge < -0.3 is 14.3 Å². The van der Waals surface area contributed by atoms with E-state index >= 15 is 0 Å². The number of carbonyl (C=O) groups excluding carboxylic acids is 1. The second-order valence-corrected chi connectivity index (χ2v) is 9.71. The zero-order valence-electron chi connectivity index (χ0n) is 18.0. The summed E-state index contributed by atoms with van der Waals surface area (Å²) in [4.78, 5) is 12.3. The maximum Gasteiger partial charge on any atom is 0.243 e. The lowest BCUT2D eigenvalue weighted by molar-refractivity contribution is -0.110. The van der Waals surface area contributed by atoms with E-state index in [1.807, 2.05) is 42.5 Å². The highest BCUT2D eigenvalue weighted by Gasteiger charge is 2.51. The molecular formula is C25H25NO5S. The third kappa shape index (κ3) is 3.78. The zero-order chi connectivity index (χ0) is 22.8. The Morgan fingerprint density at radius 3 is 1.97 bits per heavy atom. The summed E-state index contributed by atoms with van der Waals surface area (Å²) in [5.41, 5.74) is 1.00. The largest absolute Gasteiger partial charge is 0.497 e. The number of hydrogen-bond donors (Lipinski definition) is 0. The van der Waals surface area contributed by atoms with E-state index in [1.165, 1.54) is 4.31 Å². The van der Waals surface area contributed by atoms with Crippen molar-refractivity contribution in [2.45, 2.75) is 22.8 Å². The Bertz CT molecular complexity index is 1180. The number of hydrogen-bond acceptors (Lipinski definition) is 5. The fraction of sp³-hybridized carbons (Fsp3) is 0.240. The molecule has 0 N–H and O–H groups in total. The van der Waals surface area contributed by atoms with Gasteiger partial charge in [-0.15, -0.1) is 0 Å². The summed E-state index contributed by atoms with van der Waals surface area (Å²) in [5.74, 6) is 1.20. The maximum absolute atomic E-state index is 13.5. The van der Waals surface area contributed by atoms with E-state index in [0.29, 0.717) is 17.9 Å². The van der Waals surface area contributed by atoms with E-state index in [4.69, 9.17) is 9.47 Å². The van der Waals surface area contributed by atoms with Gasteiger partial charge >= 0.3 is 0 Å². The average molecular weight is 452 g/mol. The molecule has 3 aromatic rings. The number of sulfonamides is 1. The normalized spacial score (nSPS) is 21.2. The van der Waals surface area contributed by atoms with Crippen LogP contribution in [-0.4, -0.2) is 45.8 Å². The zero-order valence-corrected chi connectivity index (χ0v) is 18.8. The van der Waals surface area contributed by atoms with Crippen LogP contribution in [0.15, 0.2) is 83.8 Å². The number of rotatable bonds is 7. The fourth-order valence-corrected chi connectivity index (χ4v) is 6.08. The van der Waals surface area contributed by atoms with Crippen molar-refractivity contribution in [3.8, 4) is 11.5 Å². The van der Waals surface area contributed by atoms with Crippen molar-refractivity contribution >= 4 is 16.3 Å². The molecular weight excluding hydrogens is 426 g/mol. The summed E-state index contributed by atoms with van der Waals surface area (Å²) in [6.07, 6.45) is 1.03. The molecule has 0 spiro atoms. The first-order chi connectivity index (χ1) is 15.4. The Kier molecular flexibility index (Phi) is 6.04. The van der Waals surface area contributed by atoms with Crippen LogP contribution in [0.5, 0.6) is 11.5 Å². The van der Waals surface area contributed by atoms with Crippen LogP contribution in [0, 0.1) is 0 Å². The molecule has 6 nitrogen and oxygen atoms in total. The van der Waals surface area contributed by atoms with E-state index in [1.54, 1.807) is 50.6 Å². The van der Waals surface area contributed by atoms with E-state index in [0.717, 1.165) is 17.4 Å². The van der Waals surface area contributed by atoms with Gasteiger partial charge in [0, 0.05) is 18.0 Å². The first-order valence-electron chi connectivity index (χ1n) is 10.3. The summed E-state index contributed by atoms with van der Waals surface area (Å²) in [6.45, 7) is 0.119. The number of methoxy groups -OCH3 is 2. The van der Waals surface area contributed by atoms with Crippen molar-refractivity contribution < 1.29 is 22.7 Å². The number of carbonyl (C=O) groups is 1. The molecule has 0 saturated carbocycles. The Morgan fingerprint density at radius 1 is 0.875 bits per heavy atom. The van der Waals surface area contributed by atoms with Crippen LogP contribution in [-0.2, 0) is 20.2 Å². The predicted octanol–water partition coefficient (Wildman–Crippen LogP) is 3.65. The third-order valence-corrected chi connectivity index (χ3v) is 7.98. The van der Waals surface area contributed by atoms with Crippen molar-refractivity contribution in [2.75, 3.05) is 20.8 Å². The van der Waals surface area contributed by atoms with Gasteiger partial charge in [0.05, 0.1) is 25.2 Å². The van der Waals surface area contributed by atoms with Gasteiger partial charge in [-0.05, 0) is 41.8 Å². The van der Waals surface area contributed by atoms with Crippen molar-refractivity contribution in [2.24, 2.45) is 0 Å². The lowest BCUT2D eigenvalue weighted by Crippen LogP contribution is -2.38. The Labute approximate surface area is 188 Å². The fourth-order valence-electron chi connectivity index (χ4n) is 4.44. The van der Waals surface area contributed by atoms with Crippen LogP contribution in [0.3, 0.4) is 0 Å². The highest BCUT2D eigenvalue weighted by Crippen LogP contribution is 2.46. The number of benzene rings is 3. The quantitative estimate of drug-likeness (QED) is 0.513. The van der Waals surface area contributed by atoms with Crippen molar-refractivity contribution in [3.05, 3.63) is 90.0 Å². The van der Waals surface area contributed by atoms with Crippen LogP contribution in [0.25, 0.3) is 0 Å². The van der Waals surface area contributed by atoms with Crippen LogP contribution >= 0.6 is 0 Å². The Balaban J connectivity index is 1.90. The first kappa shape index (κ1) is 22.0. The Hall–Kier alpha value is -3.16. The molecule has 1 fully saturated rings. The van der Waals surface area contributed by atoms with E-state index in [-0.39, 0.29) is 11.4 Å². The molecule has 0 radical (unpaired) electrons. The molecule has 1 heterocycles. The predicted molar refractivity (Wildman–Crippen MR) is 122 cm³/mol. The lowest BCUT2D eigenvalue weighted by atomic mass is 9.73. The number of ether oxygens (including phenoxy) is 2. The molecule has 0 aliphatic carbocycles. The van der Waals surface area contributed by atoms with Gasteiger partial charge in [0.25, 0.3) is 0 Å². The summed E-state index contributed by atoms with van der Waals surface area (Å²) in [7, 11) is -0.734. The SMILES string of the molecule is COc1cc(OC)cc(C2(c3ccccc3)C[C@H](C=O)N(S(=O)(=O)c3ccccc3)C2)c1. The standard InChI is InChI=1S/C25H25NO5S/c1-30-22-13-20(14-23(15-22)31-2)25(19-9-5-3-6-10-19)16-21(17-27)26(18-25)32(28,29)24-11-7-4-8-12-24/h3-15,17,21H,16,18H2,1-2H3/t21-,25?/m1/s1. The van der Waals surface area contributed by atoms with Crippen molar-refractivity contribution in [3.63, 3.8) is 0 Å². The average Bonchev–Trinajstić information content (AvgIpc) is 3.27. The molecule has 0 amide bonds. The molecule has 32 heavy (non-hydrogen) atoms. The minimum atomic E-state index is -3.88. The topological polar surface area (TPSA) is 72.9 Å². The summed E-state index contributed by atoms with van der Waals surface area (Å²) in [5, 5.41) is 0. The van der Waals surface area contributed by atoms with E-state index in [9.17, 15) is 13.2 Å². The summed E-state index contributed by atoms with van der Waals surface area (Å²) in [6, 6.07) is 22.6. The first-order valence-corrected chi connectivity index (χ1v) is 11.7. The van der Waals surface area contributed by atoms with Crippen LogP contribution in [0.4, 0.5) is 0 Å². The van der Waals surface area contributed by atoms with E-state index < -0.39 is 21.5 Å². The lowest BCUT2D eigenvalue weighted by Gasteiger charge is -2.31. The smallest absolute Gasteiger partial charge is 0.243 e. The van der Waals surface area contributed by atoms with Crippen LogP contribution < -0.4 is 9.47 Å². The van der Waals surface area contributed by atoms with Gasteiger partial charge in [0.1, 0.15) is 17.8 Å². The van der Waals surface area contributed by atoms with Gasteiger partial charge in [-0.3, -0.25) is 0 Å². The highest BCUT2D eigenvalue weighted by molar-refractivity contribution is 7.89. The second kappa shape index (κ2) is 8.76. The minimum Gasteiger partial charge on any atom is -0.497 e. The molecule has 1 aliphatic heterocycles. The van der Waals surface area contributed by atoms with Crippen molar-refractivity contribution in [1.29, 1.82) is 0 Å². The molecule has 166 valence electrons. The van der Waals surface area contributed by atoms with E-state index in [2.05, 4.69) is 0 Å². The third-order valence-electron chi connectivity index (χ3n) is 6.09. The molecule has 3 aromatic carbocycles. The monoisotopic (exact) mass is 451 g/mol. The van der Waals surface area contributed by atoms with Crippen LogP contribution in [0.1, 0.15) is 17.5 Å². The molecule has 0 bridgehead atoms. The molecule has 2 atom stereocenters. The van der Waals surface area contributed by atoms with Gasteiger partial charge in [-0.25, -0.2) is 8.42 Å². The number of nitrogens with zero attached hydrogens (tertiary/aromatic N) is 1. The summed E-state index contributed by atoms with van der Waals surface area (Å²) < 4.78 is 39.3. The molecule has 1 unspecified atom stereocenters. The Morgan fingerprint density at radius 2 is 1.44 bits per heavy atom. The van der Waals surface area contributed by atoms with Gasteiger partial charge in [0.15, 0.2) is 0 Å². The summed E-state index contributed by atoms with van der Waals surface area (Å²) >= 11 is 0. The molecule has 7 heteroatoms. The van der Waals surface area contributed by atoms with Gasteiger partial charge in [-0.1, -0.05) is 48.5 Å². The maximum atomic E-state index is 13.5.